The Morgan fingerprint density at radius 2 is 0.450 bits per heavy atom. The zero-order chi connectivity index (χ0) is 39.3. The second-order valence-electron chi connectivity index (χ2n) is 16.3. The predicted molar refractivity (Wildman–Crippen MR) is 260 cm³/mol. The SMILES string of the molecule is c1ccc2c(c1)cc(-c1c3ccccc3c(-c3cc4ccccc4c4ccccc34)c3cc(-c4ccc5c6ccccc6c6ccccc6c5c4)ccc13)c1ccccc12. The largest absolute Gasteiger partial charge is 0.0616 e. The molecule has 0 fully saturated rings. The van der Waals surface area contributed by atoms with Crippen molar-refractivity contribution >= 4 is 97.0 Å². The molecule has 0 aliphatic rings. The summed E-state index contributed by atoms with van der Waals surface area (Å²) in [5.74, 6) is 0. The van der Waals surface area contributed by atoms with Crippen LogP contribution in [0.3, 0.4) is 0 Å². The molecule has 0 radical (unpaired) electrons. The molecule has 0 N–H and O–H groups in total. The van der Waals surface area contributed by atoms with Crippen molar-refractivity contribution in [3.05, 3.63) is 218 Å². The molecular weight excluding hydrogens is 721 g/mol. The smallest absolute Gasteiger partial charge is 0.00197 e. The summed E-state index contributed by atoms with van der Waals surface area (Å²) in [6, 6.07) is 81.6. The number of hydrogen-bond donors (Lipinski definition) is 0. The van der Waals surface area contributed by atoms with E-state index in [1.807, 2.05) is 0 Å². The second kappa shape index (κ2) is 12.9. The van der Waals surface area contributed by atoms with Gasteiger partial charge in [0.05, 0.1) is 0 Å². The maximum absolute atomic E-state index is 2.48. The molecule has 0 aromatic heterocycles. The Balaban J connectivity index is 1.18. The van der Waals surface area contributed by atoms with Crippen LogP contribution in [0.25, 0.3) is 130 Å². The summed E-state index contributed by atoms with van der Waals surface area (Å²) >= 11 is 0. The highest BCUT2D eigenvalue weighted by Crippen LogP contribution is 2.49. The summed E-state index contributed by atoms with van der Waals surface area (Å²) in [4.78, 5) is 0. The van der Waals surface area contributed by atoms with Crippen LogP contribution in [-0.4, -0.2) is 0 Å². The van der Waals surface area contributed by atoms with Gasteiger partial charge in [-0.05, 0) is 155 Å². The van der Waals surface area contributed by atoms with Gasteiger partial charge >= 0.3 is 0 Å². The molecule has 0 aliphatic carbocycles. The summed E-state index contributed by atoms with van der Waals surface area (Å²) in [5.41, 5.74) is 7.49. The molecule has 0 nitrogen and oxygen atoms in total. The van der Waals surface area contributed by atoms with Crippen molar-refractivity contribution in [3.8, 4) is 33.4 Å². The predicted octanol–water partition coefficient (Wildman–Crippen LogP) is 17.1. The highest BCUT2D eigenvalue weighted by atomic mass is 14.2. The van der Waals surface area contributed by atoms with Crippen molar-refractivity contribution in [2.45, 2.75) is 0 Å². The molecule has 0 heterocycles. The van der Waals surface area contributed by atoms with Crippen LogP contribution < -0.4 is 0 Å². The lowest BCUT2D eigenvalue weighted by Crippen LogP contribution is -1.94. The van der Waals surface area contributed by atoms with Crippen LogP contribution in [0.1, 0.15) is 0 Å². The van der Waals surface area contributed by atoms with Crippen molar-refractivity contribution < 1.29 is 0 Å². The Labute approximate surface area is 347 Å². The molecule has 0 bridgehead atoms. The molecule has 13 aromatic carbocycles. The van der Waals surface area contributed by atoms with Gasteiger partial charge in [-0.3, -0.25) is 0 Å². The van der Waals surface area contributed by atoms with Crippen molar-refractivity contribution in [3.63, 3.8) is 0 Å². The van der Waals surface area contributed by atoms with Crippen molar-refractivity contribution in [1.29, 1.82) is 0 Å². The summed E-state index contributed by atoms with van der Waals surface area (Å²) < 4.78 is 0. The van der Waals surface area contributed by atoms with Crippen molar-refractivity contribution in [1.82, 2.24) is 0 Å². The van der Waals surface area contributed by atoms with Gasteiger partial charge in [-0.1, -0.05) is 194 Å². The van der Waals surface area contributed by atoms with Crippen LogP contribution in [0.4, 0.5) is 0 Å². The fraction of sp³-hybridized carbons (Fsp3) is 0. The lowest BCUT2D eigenvalue weighted by atomic mass is 9.81. The first-order valence-corrected chi connectivity index (χ1v) is 20.9. The van der Waals surface area contributed by atoms with Crippen LogP contribution >= 0.6 is 0 Å². The Morgan fingerprint density at radius 3 is 0.917 bits per heavy atom. The maximum atomic E-state index is 2.48. The van der Waals surface area contributed by atoms with E-state index in [1.54, 1.807) is 0 Å². The average Bonchev–Trinajstić information content (AvgIpc) is 3.32. The molecule has 0 amide bonds. The standard InChI is InChI=1S/C60H36/c1-3-17-41-39(15-1)35-56(49-25-11-5-19-43(41)49)59-52-27-13-14-28-53(52)60(57-36-40-16-2-4-18-42(40)44-20-6-12-26-50(44)57)58-34-38(30-32-54(58)59)37-29-31-51-47-23-8-7-21-45(47)46-22-9-10-24-48(46)55(51)33-37/h1-36H. The molecule has 0 heteroatoms. The molecule has 0 atom stereocenters. The Kier molecular flexibility index (Phi) is 7.11. The Bertz CT molecular complexity index is 3910. The third kappa shape index (κ3) is 4.79. The fourth-order valence-electron chi connectivity index (χ4n) is 10.5. The van der Waals surface area contributed by atoms with Gasteiger partial charge in [0.25, 0.3) is 0 Å². The van der Waals surface area contributed by atoms with Gasteiger partial charge in [0.15, 0.2) is 0 Å². The quantitative estimate of drug-likeness (QED) is 0.124. The normalized spacial score (nSPS) is 12.0. The van der Waals surface area contributed by atoms with E-state index in [0.29, 0.717) is 0 Å². The molecule has 0 saturated carbocycles. The van der Waals surface area contributed by atoms with Gasteiger partial charge in [0.1, 0.15) is 0 Å². The third-order valence-corrected chi connectivity index (χ3v) is 13.2. The van der Waals surface area contributed by atoms with E-state index in [4.69, 9.17) is 0 Å². The minimum absolute atomic E-state index is 1.21. The van der Waals surface area contributed by atoms with E-state index in [0.717, 1.165) is 0 Å². The van der Waals surface area contributed by atoms with E-state index in [9.17, 15) is 0 Å². The van der Waals surface area contributed by atoms with Crippen LogP contribution in [-0.2, 0) is 0 Å². The summed E-state index contributed by atoms with van der Waals surface area (Å²) in [6.07, 6.45) is 0. The third-order valence-electron chi connectivity index (χ3n) is 13.2. The van der Waals surface area contributed by atoms with Crippen LogP contribution in [0.2, 0.25) is 0 Å². The average molecular weight is 757 g/mol. The minimum atomic E-state index is 1.21. The molecule has 0 saturated heterocycles. The number of fused-ring (bicyclic) bond motifs is 14. The Hall–Kier alpha value is -7.80. The lowest BCUT2D eigenvalue weighted by molar-refractivity contribution is 1.67. The zero-order valence-corrected chi connectivity index (χ0v) is 32.8. The molecule has 276 valence electrons. The van der Waals surface area contributed by atoms with Crippen molar-refractivity contribution in [2.75, 3.05) is 0 Å². The van der Waals surface area contributed by atoms with E-state index >= 15 is 0 Å². The van der Waals surface area contributed by atoms with Gasteiger partial charge in [-0.25, -0.2) is 0 Å². The first-order valence-electron chi connectivity index (χ1n) is 20.9. The van der Waals surface area contributed by atoms with Gasteiger partial charge in [-0.15, -0.1) is 0 Å². The van der Waals surface area contributed by atoms with Gasteiger partial charge in [0, 0.05) is 0 Å². The highest BCUT2D eigenvalue weighted by molar-refractivity contribution is 6.29. The molecule has 60 heavy (non-hydrogen) atoms. The van der Waals surface area contributed by atoms with E-state index in [1.165, 1.54) is 130 Å². The van der Waals surface area contributed by atoms with Crippen LogP contribution in [0.5, 0.6) is 0 Å². The van der Waals surface area contributed by atoms with Crippen LogP contribution in [0.15, 0.2) is 218 Å². The highest BCUT2D eigenvalue weighted by Gasteiger charge is 2.22. The first-order chi connectivity index (χ1) is 29.8. The molecular formula is C60H36. The summed E-state index contributed by atoms with van der Waals surface area (Å²) in [5, 5.41) is 22.9. The zero-order valence-electron chi connectivity index (χ0n) is 32.8. The Morgan fingerprint density at radius 1 is 0.167 bits per heavy atom. The van der Waals surface area contributed by atoms with Gasteiger partial charge in [0.2, 0.25) is 0 Å². The number of rotatable bonds is 3. The maximum Gasteiger partial charge on any atom is -0.00197 e. The number of hydrogen-bond acceptors (Lipinski definition) is 0. The monoisotopic (exact) mass is 756 g/mol. The van der Waals surface area contributed by atoms with Crippen LogP contribution in [0, 0.1) is 0 Å². The van der Waals surface area contributed by atoms with E-state index in [-0.39, 0.29) is 0 Å². The molecule has 0 spiro atoms. The molecule has 0 aliphatic heterocycles. The summed E-state index contributed by atoms with van der Waals surface area (Å²) in [6.45, 7) is 0. The minimum Gasteiger partial charge on any atom is -0.0616 e. The lowest BCUT2D eigenvalue weighted by Gasteiger charge is -2.21. The summed E-state index contributed by atoms with van der Waals surface area (Å²) in [7, 11) is 0. The first kappa shape index (κ1) is 33.2. The fourth-order valence-corrected chi connectivity index (χ4v) is 10.5. The molecule has 13 aromatic rings. The second-order valence-corrected chi connectivity index (χ2v) is 16.3. The van der Waals surface area contributed by atoms with Crippen molar-refractivity contribution in [2.24, 2.45) is 0 Å². The van der Waals surface area contributed by atoms with Gasteiger partial charge < -0.3 is 0 Å². The topological polar surface area (TPSA) is 0 Å². The number of benzene rings is 13. The molecule has 13 rings (SSSR count). The molecule has 0 unspecified atom stereocenters. The van der Waals surface area contributed by atoms with Gasteiger partial charge in [-0.2, -0.15) is 0 Å². The van der Waals surface area contributed by atoms with E-state index in [2.05, 4.69) is 218 Å². The van der Waals surface area contributed by atoms with E-state index < -0.39 is 0 Å².